The van der Waals surface area contributed by atoms with Crippen LogP contribution in [0.4, 0.5) is 0 Å². The van der Waals surface area contributed by atoms with Gasteiger partial charge in [0, 0.05) is 12.1 Å². The summed E-state index contributed by atoms with van der Waals surface area (Å²) < 4.78 is 36.5. The summed E-state index contributed by atoms with van der Waals surface area (Å²) in [7, 11) is -3.76. The maximum Gasteiger partial charge on any atom is 0.241 e. The van der Waals surface area contributed by atoms with Crippen molar-refractivity contribution in [2.24, 2.45) is 0 Å². The minimum Gasteiger partial charge on any atom is -0.454 e. The summed E-state index contributed by atoms with van der Waals surface area (Å²) in [6, 6.07) is 4.24. The van der Waals surface area contributed by atoms with Gasteiger partial charge in [-0.1, -0.05) is 0 Å². The molecule has 7 nitrogen and oxygen atoms in total. The molecule has 1 aliphatic heterocycles. The molecule has 0 unspecified atom stereocenters. The molecule has 0 saturated carbocycles. The zero-order chi connectivity index (χ0) is 14.8. The highest BCUT2D eigenvalue weighted by Crippen LogP contribution is 2.33. The molecular formula is C12H16N2O5S. The normalized spacial score (nSPS) is 13.6. The van der Waals surface area contributed by atoms with Gasteiger partial charge in [-0.25, -0.2) is 13.1 Å². The number of sulfonamides is 1. The maximum atomic E-state index is 12.0. The van der Waals surface area contributed by atoms with Crippen LogP contribution in [0.25, 0.3) is 0 Å². The Morgan fingerprint density at radius 3 is 2.70 bits per heavy atom. The van der Waals surface area contributed by atoms with Crippen molar-refractivity contribution in [1.29, 1.82) is 0 Å². The van der Waals surface area contributed by atoms with E-state index in [1.165, 1.54) is 18.2 Å². The molecule has 0 bridgehead atoms. The lowest BCUT2D eigenvalue weighted by Crippen LogP contribution is -2.39. The number of rotatable bonds is 5. The Balaban J connectivity index is 2.05. The van der Waals surface area contributed by atoms with E-state index in [9.17, 15) is 13.2 Å². The Labute approximate surface area is 117 Å². The summed E-state index contributed by atoms with van der Waals surface area (Å²) in [5.41, 5.74) is 0. The Bertz CT molecular complexity index is 612. The molecule has 0 spiro atoms. The largest absolute Gasteiger partial charge is 0.454 e. The van der Waals surface area contributed by atoms with Gasteiger partial charge >= 0.3 is 0 Å². The first-order valence-corrected chi connectivity index (χ1v) is 7.55. The number of amides is 1. The number of hydrogen-bond donors (Lipinski definition) is 2. The zero-order valence-corrected chi connectivity index (χ0v) is 12.0. The molecule has 0 saturated heterocycles. The van der Waals surface area contributed by atoms with E-state index >= 15 is 0 Å². The minimum atomic E-state index is -3.76. The lowest BCUT2D eigenvalue weighted by molar-refractivity contribution is -0.120. The molecular weight excluding hydrogens is 284 g/mol. The Morgan fingerprint density at radius 2 is 2.00 bits per heavy atom. The number of ether oxygens (including phenoxy) is 2. The molecule has 1 aromatic carbocycles. The van der Waals surface area contributed by atoms with Crippen molar-refractivity contribution >= 4 is 15.9 Å². The van der Waals surface area contributed by atoms with Crippen LogP contribution in [0, 0.1) is 0 Å². The molecule has 1 amide bonds. The molecule has 1 aliphatic rings. The van der Waals surface area contributed by atoms with Gasteiger partial charge in [-0.15, -0.1) is 0 Å². The lowest BCUT2D eigenvalue weighted by atomic mass is 10.3. The van der Waals surface area contributed by atoms with Crippen LogP contribution >= 0.6 is 0 Å². The molecule has 2 rings (SSSR count). The predicted molar refractivity (Wildman–Crippen MR) is 71.0 cm³/mol. The maximum absolute atomic E-state index is 12.0. The molecule has 0 aromatic heterocycles. The fourth-order valence-electron chi connectivity index (χ4n) is 1.66. The quantitative estimate of drug-likeness (QED) is 0.811. The third-order valence-corrected chi connectivity index (χ3v) is 3.93. The van der Waals surface area contributed by atoms with Crippen molar-refractivity contribution in [2.75, 3.05) is 13.3 Å². The second kappa shape index (κ2) is 5.68. The summed E-state index contributed by atoms with van der Waals surface area (Å²) in [5, 5.41) is 2.60. The van der Waals surface area contributed by atoms with Crippen LogP contribution in [0.1, 0.15) is 13.8 Å². The van der Waals surface area contributed by atoms with Gasteiger partial charge in [0.2, 0.25) is 22.7 Å². The number of hydrogen-bond acceptors (Lipinski definition) is 5. The number of fused-ring (bicyclic) bond motifs is 1. The standard InChI is InChI=1S/C12H16N2O5S/c1-8(2)14-12(15)6-13-20(16,17)9-3-4-10-11(5-9)19-7-18-10/h3-5,8,13H,6-7H2,1-2H3,(H,14,15). The van der Waals surface area contributed by atoms with E-state index < -0.39 is 10.0 Å². The number of nitrogens with one attached hydrogen (secondary N) is 2. The highest BCUT2D eigenvalue weighted by Gasteiger charge is 2.20. The van der Waals surface area contributed by atoms with Crippen LogP contribution in [0.5, 0.6) is 11.5 Å². The Hall–Kier alpha value is -1.80. The van der Waals surface area contributed by atoms with Gasteiger partial charge in [-0.3, -0.25) is 4.79 Å². The number of carbonyl (C=O) groups excluding carboxylic acids is 1. The monoisotopic (exact) mass is 300 g/mol. The predicted octanol–water partition coefficient (Wildman–Crippen LogP) is 0.218. The van der Waals surface area contributed by atoms with Gasteiger partial charge in [0.05, 0.1) is 11.4 Å². The molecule has 0 radical (unpaired) electrons. The SMILES string of the molecule is CC(C)NC(=O)CNS(=O)(=O)c1ccc2c(c1)OCO2. The fraction of sp³-hybridized carbons (Fsp3) is 0.417. The summed E-state index contributed by atoms with van der Waals surface area (Å²) in [4.78, 5) is 11.5. The van der Waals surface area contributed by atoms with E-state index in [0.29, 0.717) is 11.5 Å². The van der Waals surface area contributed by atoms with E-state index in [-0.39, 0.29) is 30.2 Å². The zero-order valence-electron chi connectivity index (χ0n) is 11.2. The third kappa shape index (κ3) is 3.40. The van der Waals surface area contributed by atoms with Gasteiger partial charge in [-0.2, -0.15) is 0 Å². The van der Waals surface area contributed by atoms with E-state index in [0.717, 1.165) is 0 Å². The smallest absolute Gasteiger partial charge is 0.241 e. The first-order chi connectivity index (χ1) is 9.38. The number of carbonyl (C=O) groups is 1. The molecule has 20 heavy (non-hydrogen) atoms. The highest BCUT2D eigenvalue weighted by molar-refractivity contribution is 7.89. The second-order valence-electron chi connectivity index (χ2n) is 4.56. The first-order valence-electron chi connectivity index (χ1n) is 6.07. The van der Waals surface area contributed by atoms with Crippen LogP contribution in [0.2, 0.25) is 0 Å². The summed E-state index contributed by atoms with van der Waals surface area (Å²) in [6.45, 7) is 3.35. The van der Waals surface area contributed by atoms with Crippen LogP contribution in [-0.2, 0) is 14.8 Å². The van der Waals surface area contributed by atoms with Crippen LogP contribution in [-0.4, -0.2) is 33.7 Å². The van der Waals surface area contributed by atoms with Crippen molar-refractivity contribution in [2.45, 2.75) is 24.8 Å². The Kier molecular flexibility index (Phi) is 4.15. The van der Waals surface area contributed by atoms with E-state index in [1.807, 2.05) is 0 Å². The summed E-state index contributed by atoms with van der Waals surface area (Å²) in [6.07, 6.45) is 0. The van der Waals surface area contributed by atoms with Crippen molar-refractivity contribution in [3.05, 3.63) is 18.2 Å². The van der Waals surface area contributed by atoms with E-state index in [2.05, 4.69) is 10.0 Å². The molecule has 8 heteroatoms. The lowest BCUT2D eigenvalue weighted by Gasteiger charge is -2.10. The summed E-state index contributed by atoms with van der Waals surface area (Å²) >= 11 is 0. The molecule has 1 heterocycles. The van der Waals surface area contributed by atoms with Gasteiger partial charge in [-0.05, 0) is 26.0 Å². The van der Waals surface area contributed by atoms with E-state index in [4.69, 9.17) is 9.47 Å². The molecule has 2 N–H and O–H groups in total. The van der Waals surface area contributed by atoms with Crippen LogP contribution in [0.3, 0.4) is 0 Å². The second-order valence-corrected chi connectivity index (χ2v) is 6.33. The molecule has 0 aliphatic carbocycles. The number of benzene rings is 1. The van der Waals surface area contributed by atoms with E-state index in [1.54, 1.807) is 13.8 Å². The highest BCUT2D eigenvalue weighted by atomic mass is 32.2. The average Bonchev–Trinajstić information content (AvgIpc) is 2.83. The van der Waals surface area contributed by atoms with Gasteiger partial charge in [0.25, 0.3) is 0 Å². The third-order valence-electron chi connectivity index (χ3n) is 2.53. The van der Waals surface area contributed by atoms with Crippen molar-refractivity contribution in [3.63, 3.8) is 0 Å². The molecule has 0 atom stereocenters. The minimum absolute atomic E-state index is 0.0269. The van der Waals surface area contributed by atoms with Gasteiger partial charge < -0.3 is 14.8 Å². The molecule has 0 fully saturated rings. The van der Waals surface area contributed by atoms with Crippen LogP contribution in [0.15, 0.2) is 23.1 Å². The van der Waals surface area contributed by atoms with Crippen LogP contribution < -0.4 is 19.5 Å². The first kappa shape index (κ1) is 14.6. The topological polar surface area (TPSA) is 93.7 Å². The fourth-order valence-corrected chi connectivity index (χ4v) is 2.66. The van der Waals surface area contributed by atoms with Crippen molar-refractivity contribution in [1.82, 2.24) is 10.0 Å². The van der Waals surface area contributed by atoms with Gasteiger partial charge in [0.15, 0.2) is 11.5 Å². The molecule has 110 valence electrons. The molecule has 1 aromatic rings. The van der Waals surface area contributed by atoms with Crippen molar-refractivity contribution in [3.8, 4) is 11.5 Å². The summed E-state index contributed by atoms with van der Waals surface area (Å²) in [5.74, 6) is 0.491. The Morgan fingerprint density at radius 1 is 1.30 bits per heavy atom. The van der Waals surface area contributed by atoms with Crippen molar-refractivity contribution < 1.29 is 22.7 Å². The average molecular weight is 300 g/mol. The van der Waals surface area contributed by atoms with Gasteiger partial charge in [0.1, 0.15) is 0 Å².